The number of benzene rings is 1. The second-order valence-corrected chi connectivity index (χ2v) is 3.85. The van der Waals surface area contributed by atoms with Crippen LogP contribution in [0, 0.1) is 0 Å². The monoisotopic (exact) mass is 190 g/mol. The summed E-state index contributed by atoms with van der Waals surface area (Å²) >= 11 is 4.37. The van der Waals surface area contributed by atoms with Gasteiger partial charge in [0.25, 0.3) is 0 Å². The highest BCUT2D eigenvalue weighted by Gasteiger charge is 2.15. The average Bonchev–Trinajstić information content (AvgIpc) is 2.47. The molecule has 0 atom stereocenters. The fourth-order valence-corrected chi connectivity index (χ4v) is 2.40. The van der Waals surface area contributed by atoms with E-state index in [0.29, 0.717) is 0 Å². The van der Waals surface area contributed by atoms with E-state index in [1.54, 1.807) is 0 Å². The van der Waals surface area contributed by atoms with E-state index in [9.17, 15) is 0 Å². The molecule has 2 heterocycles. The maximum Gasteiger partial charge on any atom is 0.165 e. The first-order valence-corrected chi connectivity index (χ1v) is 4.98. The lowest BCUT2D eigenvalue weighted by Gasteiger charge is -2.14. The van der Waals surface area contributed by atoms with Crippen LogP contribution in [0.15, 0.2) is 23.4 Å². The van der Waals surface area contributed by atoms with Gasteiger partial charge in [-0.15, -0.1) is 12.6 Å². The third kappa shape index (κ3) is 0.936. The van der Waals surface area contributed by atoms with Crippen molar-refractivity contribution in [2.24, 2.45) is 0 Å². The number of para-hydroxylation sites is 1. The molecule has 1 aromatic heterocycles. The number of thiol groups is 1. The second-order valence-electron chi connectivity index (χ2n) is 3.45. The maximum atomic E-state index is 4.41. The van der Waals surface area contributed by atoms with Gasteiger partial charge >= 0.3 is 0 Å². The van der Waals surface area contributed by atoms with E-state index < -0.39 is 0 Å². The Morgan fingerprint density at radius 1 is 1.38 bits per heavy atom. The molecule has 2 nitrogen and oxygen atoms in total. The molecule has 13 heavy (non-hydrogen) atoms. The molecule has 0 saturated heterocycles. The molecule has 3 heteroatoms. The number of hydrogen-bond acceptors (Lipinski definition) is 2. The van der Waals surface area contributed by atoms with Crippen molar-refractivity contribution in [3.05, 3.63) is 23.8 Å². The molecule has 2 aromatic rings. The zero-order chi connectivity index (χ0) is 8.84. The van der Waals surface area contributed by atoms with Gasteiger partial charge in [0.2, 0.25) is 0 Å². The lowest BCUT2D eigenvalue weighted by Crippen LogP contribution is -2.07. The van der Waals surface area contributed by atoms with Gasteiger partial charge in [-0.05, 0) is 24.5 Å². The Kier molecular flexibility index (Phi) is 1.44. The predicted octanol–water partition coefficient (Wildman–Crippen LogP) is 2.27. The largest absolute Gasteiger partial charge is 0.319 e. The molecule has 1 aliphatic rings. The molecule has 3 rings (SSSR count). The lowest BCUT2D eigenvalue weighted by molar-refractivity contribution is 0.589. The molecule has 66 valence electrons. The van der Waals surface area contributed by atoms with E-state index in [1.165, 1.54) is 23.9 Å². The van der Waals surface area contributed by atoms with Crippen molar-refractivity contribution in [2.75, 3.05) is 0 Å². The van der Waals surface area contributed by atoms with Gasteiger partial charge in [0.05, 0.1) is 11.0 Å². The van der Waals surface area contributed by atoms with E-state index in [4.69, 9.17) is 0 Å². The third-order valence-electron chi connectivity index (χ3n) is 2.66. The zero-order valence-electron chi connectivity index (χ0n) is 7.20. The van der Waals surface area contributed by atoms with Gasteiger partial charge in [-0.25, -0.2) is 4.98 Å². The van der Waals surface area contributed by atoms with Crippen LogP contribution < -0.4 is 0 Å². The summed E-state index contributed by atoms with van der Waals surface area (Å²) in [6, 6.07) is 6.32. The van der Waals surface area contributed by atoms with E-state index in [-0.39, 0.29) is 0 Å². The smallest absolute Gasteiger partial charge is 0.165 e. The first kappa shape index (κ1) is 7.44. The second kappa shape index (κ2) is 2.51. The van der Waals surface area contributed by atoms with Crippen LogP contribution in [0.5, 0.6) is 0 Å². The fraction of sp³-hybridized carbons (Fsp3) is 0.300. The minimum atomic E-state index is 0.849. The van der Waals surface area contributed by atoms with Crippen LogP contribution in [0.1, 0.15) is 12.0 Å². The average molecular weight is 190 g/mol. The number of aryl methyl sites for hydroxylation is 2. The molecular weight excluding hydrogens is 180 g/mol. The number of aromatic nitrogens is 2. The Labute approximate surface area is 82.0 Å². The SMILES string of the molecule is Sc1nc2cccc3c2n1CCC3. The number of nitrogens with zero attached hydrogens (tertiary/aromatic N) is 2. The summed E-state index contributed by atoms with van der Waals surface area (Å²) in [7, 11) is 0. The van der Waals surface area contributed by atoms with Gasteiger partial charge in [-0.2, -0.15) is 0 Å². The van der Waals surface area contributed by atoms with Crippen molar-refractivity contribution < 1.29 is 0 Å². The Morgan fingerprint density at radius 3 is 3.23 bits per heavy atom. The van der Waals surface area contributed by atoms with Crippen molar-refractivity contribution in [3.63, 3.8) is 0 Å². The topological polar surface area (TPSA) is 17.8 Å². The highest BCUT2D eigenvalue weighted by molar-refractivity contribution is 7.80. The Morgan fingerprint density at radius 2 is 2.31 bits per heavy atom. The molecule has 0 bridgehead atoms. The zero-order valence-corrected chi connectivity index (χ0v) is 8.09. The summed E-state index contributed by atoms with van der Waals surface area (Å²) in [5.74, 6) is 0. The number of rotatable bonds is 0. The van der Waals surface area contributed by atoms with Crippen LogP contribution >= 0.6 is 12.6 Å². The third-order valence-corrected chi connectivity index (χ3v) is 3.00. The van der Waals surface area contributed by atoms with Crippen molar-refractivity contribution in [1.29, 1.82) is 0 Å². The lowest BCUT2D eigenvalue weighted by atomic mass is 10.1. The highest BCUT2D eigenvalue weighted by Crippen LogP contribution is 2.27. The highest BCUT2D eigenvalue weighted by atomic mass is 32.1. The molecule has 1 aliphatic heterocycles. The van der Waals surface area contributed by atoms with Gasteiger partial charge in [0, 0.05) is 6.54 Å². The number of imidazole rings is 1. The van der Waals surface area contributed by atoms with Crippen molar-refractivity contribution >= 4 is 23.7 Å². The molecule has 0 fully saturated rings. The fourth-order valence-electron chi connectivity index (χ4n) is 2.09. The van der Waals surface area contributed by atoms with Gasteiger partial charge in [-0.3, -0.25) is 0 Å². The molecule has 0 saturated carbocycles. The van der Waals surface area contributed by atoms with E-state index in [0.717, 1.165) is 17.2 Å². The van der Waals surface area contributed by atoms with Gasteiger partial charge in [0.15, 0.2) is 5.16 Å². The molecule has 0 amide bonds. The predicted molar refractivity (Wildman–Crippen MR) is 55.3 cm³/mol. The minimum Gasteiger partial charge on any atom is -0.319 e. The standard InChI is InChI=1S/C10H10N2S/c13-10-11-8-5-1-3-7-4-2-6-12(10)9(7)8/h1,3,5H,2,4,6H2,(H,11,13). The van der Waals surface area contributed by atoms with Crippen LogP contribution in [0.3, 0.4) is 0 Å². The summed E-state index contributed by atoms with van der Waals surface area (Å²) in [6.45, 7) is 1.06. The van der Waals surface area contributed by atoms with E-state index >= 15 is 0 Å². The van der Waals surface area contributed by atoms with Gasteiger partial charge in [-0.1, -0.05) is 12.1 Å². The quantitative estimate of drug-likeness (QED) is 0.631. The summed E-state index contributed by atoms with van der Waals surface area (Å²) in [6.07, 6.45) is 2.38. The Balaban J connectivity index is 2.51. The van der Waals surface area contributed by atoms with Gasteiger partial charge in [0.1, 0.15) is 0 Å². The molecular formula is C10H10N2S. The summed E-state index contributed by atoms with van der Waals surface area (Å²) in [5.41, 5.74) is 3.79. The van der Waals surface area contributed by atoms with Crippen molar-refractivity contribution in [2.45, 2.75) is 24.5 Å². The molecule has 0 spiro atoms. The van der Waals surface area contributed by atoms with E-state index in [1.807, 2.05) is 0 Å². The first-order chi connectivity index (χ1) is 6.36. The van der Waals surface area contributed by atoms with Gasteiger partial charge < -0.3 is 4.57 Å². The first-order valence-electron chi connectivity index (χ1n) is 4.53. The molecule has 0 unspecified atom stereocenters. The van der Waals surface area contributed by atoms with Crippen LogP contribution in [0.2, 0.25) is 0 Å². The summed E-state index contributed by atoms with van der Waals surface area (Å²) in [4.78, 5) is 4.41. The maximum absolute atomic E-state index is 4.41. The Bertz CT molecular complexity index is 473. The molecule has 0 radical (unpaired) electrons. The van der Waals surface area contributed by atoms with E-state index in [2.05, 4.69) is 40.4 Å². The van der Waals surface area contributed by atoms with Crippen LogP contribution in [-0.2, 0) is 13.0 Å². The molecule has 0 aliphatic carbocycles. The van der Waals surface area contributed by atoms with Crippen molar-refractivity contribution in [1.82, 2.24) is 9.55 Å². The molecule has 0 N–H and O–H groups in total. The summed E-state index contributed by atoms with van der Waals surface area (Å²) < 4.78 is 2.21. The minimum absolute atomic E-state index is 0.849. The van der Waals surface area contributed by atoms with Crippen LogP contribution in [0.25, 0.3) is 11.0 Å². The van der Waals surface area contributed by atoms with Crippen LogP contribution in [-0.4, -0.2) is 9.55 Å². The molecule has 1 aromatic carbocycles. The Hall–Kier alpha value is -0.960. The van der Waals surface area contributed by atoms with Crippen molar-refractivity contribution in [3.8, 4) is 0 Å². The number of hydrogen-bond donors (Lipinski definition) is 1. The van der Waals surface area contributed by atoms with Crippen LogP contribution in [0.4, 0.5) is 0 Å². The normalized spacial score (nSPS) is 15.2. The summed E-state index contributed by atoms with van der Waals surface area (Å²) in [5, 5.41) is 0.849.